The number of aryl methyl sites for hydroxylation is 1. The number of methoxy groups -OCH3 is 1. The summed E-state index contributed by atoms with van der Waals surface area (Å²) >= 11 is 0. The number of hydrogen-bond donors (Lipinski definition) is 1. The van der Waals surface area contributed by atoms with Crippen LogP contribution in [0.5, 0.6) is 11.5 Å². The zero-order chi connectivity index (χ0) is 15.4. The van der Waals surface area contributed by atoms with Gasteiger partial charge in [0.15, 0.2) is 0 Å². The number of hydrogen-bond acceptors (Lipinski definition) is 5. The minimum absolute atomic E-state index is 0.0732. The number of phenolic OH excluding ortho intramolecular Hbond substituents is 1. The molecular weight excluding hydrogens is 272 g/mol. The molecule has 0 aromatic heterocycles. The van der Waals surface area contributed by atoms with Crippen LogP contribution in [-0.4, -0.2) is 23.4 Å². The van der Waals surface area contributed by atoms with E-state index in [4.69, 9.17) is 4.74 Å². The molecule has 0 bridgehead atoms. The Kier molecular flexibility index (Phi) is 4.18. The Labute approximate surface area is 121 Å². The first-order valence-electron chi connectivity index (χ1n) is 6.17. The lowest BCUT2D eigenvalue weighted by molar-refractivity contribution is -0.384. The number of non-ortho nitro benzene ring substituents is 1. The predicted octanol–water partition coefficient (Wildman–Crippen LogP) is 3.37. The van der Waals surface area contributed by atoms with E-state index >= 15 is 0 Å². The average Bonchev–Trinajstić information content (AvgIpc) is 2.46. The van der Waals surface area contributed by atoms with Gasteiger partial charge in [-0.2, -0.15) is 0 Å². The summed E-state index contributed by atoms with van der Waals surface area (Å²) in [6, 6.07) is 9.27. The van der Waals surface area contributed by atoms with Gasteiger partial charge in [0.1, 0.15) is 17.2 Å². The lowest BCUT2D eigenvalue weighted by Crippen LogP contribution is -1.91. The van der Waals surface area contributed by atoms with Crippen molar-refractivity contribution in [2.24, 2.45) is 4.99 Å². The van der Waals surface area contributed by atoms with Crippen molar-refractivity contribution < 1.29 is 14.8 Å². The minimum Gasteiger partial charge on any atom is -0.507 e. The van der Waals surface area contributed by atoms with Crippen molar-refractivity contribution in [2.45, 2.75) is 6.92 Å². The molecule has 6 nitrogen and oxygen atoms in total. The smallest absolute Gasteiger partial charge is 0.270 e. The van der Waals surface area contributed by atoms with E-state index in [1.807, 2.05) is 19.1 Å². The molecule has 0 amide bonds. The van der Waals surface area contributed by atoms with Gasteiger partial charge in [0.2, 0.25) is 0 Å². The number of nitro benzene ring substituents is 1. The normalized spacial score (nSPS) is 10.8. The van der Waals surface area contributed by atoms with E-state index in [1.165, 1.54) is 31.5 Å². The first-order chi connectivity index (χ1) is 10.0. The van der Waals surface area contributed by atoms with Crippen molar-refractivity contribution in [3.05, 3.63) is 57.6 Å². The Morgan fingerprint density at radius 1 is 1.29 bits per heavy atom. The highest BCUT2D eigenvalue weighted by Gasteiger charge is 2.09. The van der Waals surface area contributed by atoms with Crippen molar-refractivity contribution in [1.82, 2.24) is 0 Å². The van der Waals surface area contributed by atoms with Crippen LogP contribution in [0.2, 0.25) is 0 Å². The van der Waals surface area contributed by atoms with Crippen LogP contribution in [0.25, 0.3) is 0 Å². The maximum Gasteiger partial charge on any atom is 0.270 e. The first kappa shape index (κ1) is 14.5. The molecule has 0 heterocycles. The van der Waals surface area contributed by atoms with Gasteiger partial charge in [0, 0.05) is 23.9 Å². The molecule has 0 saturated carbocycles. The molecule has 0 fully saturated rings. The quantitative estimate of drug-likeness (QED) is 0.530. The highest BCUT2D eigenvalue weighted by atomic mass is 16.6. The Morgan fingerprint density at radius 3 is 2.71 bits per heavy atom. The molecule has 0 spiro atoms. The maximum absolute atomic E-state index is 10.7. The lowest BCUT2D eigenvalue weighted by Gasteiger charge is -2.05. The Balaban J connectivity index is 2.39. The maximum atomic E-state index is 10.7. The van der Waals surface area contributed by atoms with E-state index in [0.29, 0.717) is 11.4 Å². The average molecular weight is 286 g/mol. The van der Waals surface area contributed by atoms with Crippen LogP contribution in [0.3, 0.4) is 0 Å². The van der Waals surface area contributed by atoms with E-state index < -0.39 is 4.92 Å². The number of ether oxygens (including phenoxy) is 1. The Hall–Kier alpha value is -2.89. The summed E-state index contributed by atoms with van der Waals surface area (Å²) in [5.41, 5.74) is 1.76. The van der Waals surface area contributed by atoms with Crippen molar-refractivity contribution in [1.29, 1.82) is 0 Å². The molecule has 2 aromatic carbocycles. The van der Waals surface area contributed by atoms with Gasteiger partial charge in [-0.25, -0.2) is 0 Å². The SMILES string of the molecule is COc1ccc(C)cc1N=Cc1cc([N+](=O)[O-])ccc1O. The second-order valence-corrected chi connectivity index (χ2v) is 4.43. The van der Waals surface area contributed by atoms with Crippen LogP contribution in [-0.2, 0) is 0 Å². The molecule has 0 atom stereocenters. The highest BCUT2D eigenvalue weighted by Crippen LogP contribution is 2.29. The molecular formula is C15H14N2O4. The van der Waals surface area contributed by atoms with Gasteiger partial charge in [-0.15, -0.1) is 0 Å². The number of nitro groups is 1. The number of rotatable bonds is 4. The summed E-state index contributed by atoms with van der Waals surface area (Å²) < 4.78 is 5.20. The molecule has 6 heteroatoms. The molecule has 0 aliphatic carbocycles. The molecule has 108 valence electrons. The summed E-state index contributed by atoms with van der Waals surface area (Å²) in [6.07, 6.45) is 1.37. The van der Waals surface area contributed by atoms with Gasteiger partial charge in [0.25, 0.3) is 5.69 Å². The minimum atomic E-state index is -0.524. The number of benzene rings is 2. The molecule has 21 heavy (non-hydrogen) atoms. The zero-order valence-corrected chi connectivity index (χ0v) is 11.6. The van der Waals surface area contributed by atoms with Crippen LogP contribution >= 0.6 is 0 Å². The standard InChI is InChI=1S/C15H14N2O4/c1-10-3-6-15(21-2)13(7-10)16-9-11-8-12(17(19)20)4-5-14(11)18/h3-9,18H,1-2H3. The summed E-state index contributed by atoms with van der Waals surface area (Å²) in [5.74, 6) is 0.512. The third kappa shape index (κ3) is 3.36. The van der Waals surface area contributed by atoms with Crippen LogP contribution in [0, 0.1) is 17.0 Å². The molecule has 0 saturated heterocycles. The largest absolute Gasteiger partial charge is 0.507 e. The fraction of sp³-hybridized carbons (Fsp3) is 0.133. The van der Waals surface area contributed by atoms with Crippen molar-refractivity contribution >= 4 is 17.6 Å². The summed E-state index contributed by atoms with van der Waals surface area (Å²) in [7, 11) is 1.54. The number of aromatic hydroxyl groups is 1. The molecule has 2 aromatic rings. The summed E-state index contributed by atoms with van der Waals surface area (Å²) in [6.45, 7) is 1.92. The van der Waals surface area contributed by atoms with E-state index in [0.717, 1.165) is 5.56 Å². The Morgan fingerprint density at radius 2 is 2.05 bits per heavy atom. The van der Waals surface area contributed by atoms with Crippen LogP contribution in [0.15, 0.2) is 41.4 Å². The van der Waals surface area contributed by atoms with E-state index in [1.54, 1.807) is 6.07 Å². The third-order valence-electron chi connectivity index (χ3n) is 2.90. The van der Waals surface area contributed by atoms with Crippen molar-refractivity contribution in [2.75, 3.05) is 7.11 Å². The first-order valence-corrected chi connectivity index (χ1v) is 6.17. The number of aliphatic imine (C=N–C) groups is 1. The topological polar surface area (TPSA) is 85.0 Å². The molecule has 0 radical (unpaired) electrons. The van der Waals surface area contributed by atoms with Gasteiger partial charge in [-0.1, -0.05) is 6.07 Å². The fourth-order valence-electron chi connectivity index (χ4n) is 1.80. The van der Waals surface area contributed by atoms with Crippen molar-refractivity contribution in [3.8, 4) is 11.5 Å². The lowest BCUT2D eigenvalue weighted by atomic mass is 10.2. The zero-order valence-electron chi connectivity index (χ0n) is 11.6. The Bertz CT molecular complexity index is 711. The molecule has 0 aliphatic rings. The van der Waals surface area contributed by atoms with E-state index in [2.05, 4.69) is 4.99 Å². The fourth-order valence-corrected chi connectivity index (χ4v) is 1.80. The third-order valence-corrected chi connectivity index (χ3v) is 2.90. The summed E-state index contributed by atoms with van der Waals surface area (Å²) in [4.78, 5) is 14.5. The number of nitrogens with zero attached hydrogens (tertiary/aromatic N) is 2. The van der Waals surface area contributed by atoms with Gasteiger partial charge in [-0.3, -0.25) is 15.1 Å². The monoisotopic (exact) mass is 286 g/mol. The van der Waals surface area contributed by atoms with Gasteiger partial charge < -0.3 is 9.84 Å². The van der Waals surface area contributed by atoms with Gasteiger partial charge in [0.05, 0.1) is 12.0 Å². The number of phenols is 1. The highest BCUT2D eigenvalue weighted by molar-refractivity contribution is 5.86. The molecule has 0 aliphatic heterocycles. The van der Waals surface area contributed by atoms with Crippen LogP contribution in [0.1, 0.15) is 11.1 Å². The van der Waals surface area contributed by atoms with Gasteiger partial charge >= 0.3 is 0 Å². The molecule has 1 N–H and O–H groups in total. The van der Waals surface area contributed by atoms with E-state index in [-0.39, 0.29) is 17.0 Å². The van der Waals surface area contributed by atoms with Gasteiger partial charge in [-0.05, 0) is 30.7 Å². The summed E-state index contributed by atoms with van der Waals surface area (Å²) in [5, 5.41) is 20.5. The van der Waals surface area contributed by atoms with E-state index in [9.17, 15) is 15.2 Å². The molecule has 2 rings (SSSR count). The predicted molar refractivity (Wildman–Crippen MR) is 79.7 cm³/mol. The second kappa shape index (κ2) is 6.04. The molecule has 0 unspecified atom stereocenters. The van der Waals surface area contributed by atoms with Crippen LogP contribution < -0.4 is 4.74 Å². The second-order valence-electron chi connectivity index (χ2n) is 4.43. The van der Waals surface area contributed by atoms with Crippen molar-refractivity contribution in [3.63, 3.8) is 0 Å². The van der Waals surface area contributed by atoms with Crippen LogP contribution in [0.4, 0.5) is 11.4 Å².